The normalized spacial score (nSPS) is 17.6. The highest BCUT2D eigenvalue weighted by molar-refractivity contribution is 6.31. The van der Waals surface area contributed by atoms with Crippen LogP contribution < -0.4 is 34.9 Å². The van der Waals surface area contributed by atoms with Crippen LogP contribution in [0.4, 0.5) is 11.6 Å². The summed E-state index contributed by atoms with van der Waals surface area (Å²) in [4.78, 5) is 54.9. The zero-order valence-electron chi connectivity index (χ0n) is 38.8. The van der Waals surface area contributed by atoms with Crippen molar-refractivity contribution < 1.29 is 28.5 Å². The lowest BCUT2D eigenvalue weighted by atomic mass is 9.49. The van der Waals surface area contributed by atoms with Gasteiger partial charge in [0.1, 0.15) is 47.3 Å². The summed E-state index contributed by atoms with van der Waals surface area (Å²) < 4.78 is 26.7. The maximum atomic E-state index is 13.5. The molecule has 0 unspecified atom stereocenters. The Labute approximate surface area is 394 Å². The fourth-order valence-electron chi connectivity index (χ4n) is 9.65. The average molecular weight is 928 g/mol. The highest BCUT2D eigenvalue weighted by Crippen LogP contribution is 2.55. The summed E-state index contributed by atoms with van der Waals surface area (Å²) in [6.45, 7) is 12.2. The van der Waals surface area contributed by atoms with Gasteiger partial charge in [0.15, 0.2) is 0 Å². The fraction of sp³-hybridized carbons (Fsp3) is 0.373. The molecule has 2 N–H and O–H groups in total. The van der Waals surface area contributed by atoms with Crippen molar-refractivity contribution in [1.29, 1.82) is 5.26 Å². The Morgan fingerprint density at radius 3 is 2.39 bits per heavy atom. The third kappa shape index (κ3) is 9.55. The predicted octanol–water partition coefficient (Wildman–Crippen LogP) is 8.69. The number of hydrogen-bond acceptors (Lipinski definition) is 11. The fourth-order valence-corrected chi connectivity index (χ4v) is 9.87. The molecule has 6 aromatic rings. The van der Waals surface area contributed by atoms with Gasteiger partial charge in [-0.2, -0.15) is 5.26 Å². The van der Waals surface area contributed by atoms with Crippen LogP contribution in [0, 0.1) is 22.2 Å². The number of fused-ring (bicyclic) bond motifs is 1. The number of piperidine rings is 1. The number of rotatable bonds is 15. The average Bonchev–Trinajstić information content (AvgIpc) is 3.83. The van der Waals surface area contributed by atoms with Gasteiger partial charge in [0.05, 0.1) is 28.9 Å². The molecule has 15 nitrogen and oxygen atoms in total. The molecule has 2 aliphatic rings. The van der Waals surface area contributed by atoms with Gasteiger partial charge in [0.25, 0.3) is 11.5 Å². The molecular weight excluding hydrogens is 872 g/mol. The SMILES string of the molecule is CCC(=O)N(C)c1ccc(Oc2cccc(OCCOC3CCN(c4ncc(C(=O)NC5C(C)(C)C(Oc6ccc(C#N)c(Cl)c6)C5(C)C)cn4)CC3)c2)c(-c2cn(C)c(=O)c3[nH]ccc23)c1. The quantitative estimate of drug-likeness (QED) is 0.0943. The number of nitrogens with one attached hydrogen (secondary N) is 2. The summed E-state index contributed by atoms with van der Waals surface area (Å²) in [5, 5.41) is 13.5. The number of amides is 2. The number of carbonyl (C=O) groups excluding carboxylic acids is 2. The van der Waals surface area contributed by atoms with E-state index in [4.69, 9.17) is 30.5 Å². The minimum absolute atomic E-state index is 0.0265. The zero-order chi connectivity index (χ0) is 47.6. The van der Waals surface area contributed by atoms with Crippen molar-refractivity contribution in [2.24, 2.45) is 17.9 Å². The van der Waals surface area contributed by atoms with E-state index in [1.54, 1.807) is 62.0 Å². The molecule has 4 heterocycles. The van der Waals surface area contributed by atoms with Gasteiger partial charge < -0.3 is 43.6 Å². The number of halogens is 1. The summed E-state index contributed by atoms with van der Waals surface area (Å²) in [6, 6.07) is 21.8. The van der Waals surface area contributed by atoms with Gasteiger partial charge in [-0.05, 0) is 61.4 Å². The van der Waals surface area contributed by atoms with Gasteiger partial charge >= 0.3 is 0 Å². The van der Waals surface area contributed by atoms with E-state index in [-0.39, 0.29) is 35.6 Å². The number of ether oxygens (including phenoxy) is 4. The van der Waals surface area contributed by atoms with Gasteiger partial charge in [-0.25, -0.2) is 9.97 Å². The van der Waals surface area contributed by atoms with Crippen molar-refractivity contribution in [2.45, 2.75) is 72.1 Å². The van der Waals surface area contributed by atoms with Crippen LogP contribution in [0.2, 0.25) is 5.02 Å². The minimum Gasteiger partial charge on any atom is -0.491 e. The molecule has 2 fully saturated rings. The van der Waals surface area contributed by atoms with Gasteiger partial charge in [-0.15, -0.1) is 0 Å². The Bertz CT molecular complexity index is 2880. The molecule has 348 valence electrons. The minimum atomic E-state index is -0.403. The van der Waals surface area contributed by atoms with Crippen LogP contribution >= 0.6 is 11.6 Å². The number of nitriles is 1. The second-order valence-corrected chi connectivity index (χ2v) is 18.7. The summed E-state index contributed by atoms with van der Waals surface area (Å²) in [5.74, 6) is 2.59. The van der Waals surface area contributed by atoms with E-state index in [9.17, 15) is 19.6 Å². The van der Waals surface area contributed by atoms with Crippen LogP contribution in [0.1, 0.15) is 69.8 Å². The van der Waals surface area contributed by atoms with Crippen molar-refractivity contribution >= 4 is 46.0 Å². The Morgan fingerprint density at radius 2 is 1.69 bits per heavy atom. The number of pyridine rings is 1. The van der Waals surface area contributed by atoms with Gasteiger partial charge in [0, 0.05) is 110 Å². The van der Waals surface area contributed by atoms with Crippen LogP contribution in [0.5, 0.6) is 23.0 Å². The molecule has 3 aromatic heterocycles. The molecule has 1 aliphatic heterocycles. The molecule has 0 radical (unpaired) electrons. The molecular formula is C51H55ClN8O7. The standard InChI is InChI=1S/C51H55ClN8O7/c1-8-43(61)59(7)33-13-15-42(39(24-33)40-30-58(6)46(63)44-38(40)16-19-54-44)66-36-11-9-10-35(25-36)65-23-22-64-34-17-20-60(21-18-34)49-55-28-32(29-56-49)45(62)57-47-50(2,3)48(51(47,4)5)67-37-14-12-31(27-53)41(52)26-37/h9-16,19,24-26,28-30,34,47-48,54H,8,17-18,20-23H2,1-7H3,(H,57,62). The van der Waals surface area contributed by atoms with Crippen molar-refractivity contribution in [3.63, 3.8) is 0 Å². The third-order valence-corrected chi connectivity index (χ3v) is 13.3. The highest BCUT2D eigenvalue weighted by Gasteiger charge is 2.64. The first kappa shape index (κ1) is 46.6. The van der Waals surface area contributed by atoms with E-state index in [0.29, 0.717) is 89.0 Å². The van der Waals surface area contributed by atoms with Crippen LogP contribution in [0.15, 0.2) is 96.3 Å². The Kier molecular flexibility index (Phi) is 13.3. The van der Waals surface area contributed by atoms with Crippen molar-refractivity contribution in [3.8, 4) is 40.2 Å². The summed E-state index contributed by atoms with van der Waals surface area (Å²) in [5.41, 5.74) is 2.50. The van der Waals surface area contributed by atoms with E-state index in [1.807, 2.05) is 55.5 Å². The van der Waals surface area contributed by atoms with Crippen molar-refractivity contribution in [2.75, 3.05) is 43.2 Å². The lowest BCUT2D eigenvalue weighted by molar-refractivity contribution is -0.164. The number of aryl methyl sites for hydroxylation is 1. The highest BCUT2D eigenvalue weighted by atomic mass is 35.5. The van der Waals surface area contributed by atoms with E-state index >= 15 is 0 Å². The molecule has 0 atom stereocenters. The first-order valence-electron chi connectivity index (χ1n) is 22.4. The van der Waals surface area contributed by atoms with Crippen molar-refractivity contribution in [3.05, 3.63) is 118 Å². The summed E-state index contributed by atoms with van der Waals surface area (Å²) in [7, 11) is 3.45. The lowest BCUT2D eigenvalue weighted by Crippen LogP contribution is -2.74. The first-order chi connectivity index (χ1) is 32.1. The van der Waals surface area contributed by atoms with Crippen LogP contribution in [-0.4, -0.2) is 82.9 Å². The molecule has 1 aliphatic carbocycles. The first-order valence-corrected chi connectivity index (χ1v) is 22.8. The van der Waals surface area contributed by atoms with Gasteiger partial charge in [-0.1, -0.05) is 52.3 Å². The molecule has 0 bridgehead atoms. The van der Waals surface area contributed by atoms with Gasteiger partial charge in [0.2, 0.25) is 11.9 Å². The van der Waals surface area contributed by atoms with E-state index in [0.717, 1.165) is 29.4 Å². The molecule has 1 saturated heterocycles. The smallest absolute Gasteiger partial charge is 0.274 e. The van der Waals surface area contributed by atoms with Gasteiger partial charge in [-0.3, -0.25) is 14.4 Å². The number of H-pyrrole nitrogens is 1. The number of aromatic nitrogens is 4. The van der Waals surface area contributed by atoms with Crippen LogP contribution in [0.25, 0.3) is 22.0 Å². The number of anilines is 2. The Balaban J connectivity index is 0.817. The lowest BCUT2D eigenvalue weighted by Gasteiger charge is -2.63. The molecule has 8 rings (SSSR count). The third-order valence-electron chi connectivity index (χ3n) is 13.0. The monoisotopic (exact) mass is 926 g/mol. The topological polar surface area (TPSA) is 177 Å². The second-order valence-electron chi connectivity index (χ2n) is 18.3. The second kappa shape index (κ2) is 19.1. The molecule has 67 heavy (non-hydrogen) atoms. The predicted molar refractivity (Wildman–Crippen MR) is 257 cm³/mol. The summed E-state index contributed by atoms with van der Waals surface area (Å²) >= 11 is 6.25. The number of hydrogen-bond donors (Lipinski definition) is 2. The number of aromatic amines is 1. The maximum Gasteiger partial charge on any atom is 0.274 e. The number of benzene rings is 3. The van der Waals surface area contributed by atoms with Crippen molar-refractivity contribution in [1.82, 2.24) is 24.8 Å². The maximum absolute atomic E-state index is 13.5. The molecule has 2 amide bonds. The van der Waals surface area contributed by atoms with Crippen LogP contribution in [-0.2, 0) is 16.6 Å². The van der Waals surface area contributed by atoms with Crippen LogP contribution in [0.3, 0.4) is 0 Å². The molecule has 16 heteroatoms. The largest absolute Gasteiger partial charge is 0.491 e. The molecule has 3 aromatic carbocycles. The molecule has 1 saturated carbocycles. The van der Waals surface area contributed by atoms with E-state index in [1.165, 1.54) is 4.57 Å². The van der Waals surface area contributed by atoms with E-state index < -0.39 is 10.8 Å². The number of nitrogens with zero attached hydrogens (tertiary/aromatic N) is 6. The Hall–Kier alpha value is -6.89. The number of carbonyl (C=O) groups is 2. The Morgan fingerprint density at radius 1 is 0.955 bits per heavy atom. The zero-order valence-corrected chi connectivity index (χ0v) is 39.5. The summed E-state index contributed by atoms with van der Waals surface area (Å²) in [6.07, 6.45) is 8.42. The molecule has 0 spiro atoms. The van der Waals surface area contributed by atoms with E-state index in [2.05, 4.69) is 58.9 Å².